The van der Waals surface area contributed by atoms with Crippen LogP contribution in [-0.4, -0.2) is 14.2 Å². The van der Waals surface area contributed by atoms with E-state index in [9.17, 15) is 8.42 Å². The lowest BCUT2D eigenvalue weighted by Gasteiger charge is -2.15. The first-order chi connectivity index (χ1) is 13.0. The van der Waals surface area contributed by atoms with E-state index in [1.165, 1.54) is 0 Å². The Hall–Kier alpha value is -2.85. The smallest absolute Gasteiger partial charge is 0.233 e. The zero-order valence-corrected chi connectivity index (χ0v) is 15.9. The second kappa shape index (κ2) is 7.05. The van der Waals surface area contributed by atoms with Gasteiger partial charge in [0.15, 0.2) is 0 Å². The van der Waals surface area contributed by atoms with Crippen LogP contribution in [0.1, 0.15) is 18.4 Å². The van der Waals surface area contributed by atoms with Crippen LogP contribution in [0.15, 0.2) is 84.9 Å². The number of fused-ring (bicyclic) bond motifs is 2. The lowest BCUT2D eigenvalue weighted by atomic mass is 9.99. The molecule has 4 aromatic carbocycles. The highest BCUT2D eigenvalue weighted by atomic mass is 32.2. The van der Waals surface area contributed by atoms with Gasteiger partial charge in [0.1, 0.15) is 0 Å². The average Bonchev–Trinajstić information content (AvgIpc) is 2.67. The van der Waals surface area contributed by atoms with E-state index in [-0.39, 0.29) is 11.7 Å². The zero-order valence-electron chi connectivity index (χ0n) is 15.1. The number of sulfonamides is 1. The van der Waals surface area contributed by atoms with Crippen molar-refractivity contribution in [2.45, 2.75) is 12.8 Å². The Bertz CT molecular complexity index is 1210. The van der Waals surface area contributed by atoms with Gasteiger partial charge in [0.2, 0.25) is 10.0 Å². The molecule has 4 rings (SSSR count). The lowest BCUT2D eigenvalue weighted by molar-refractivity contribution is 0.596. The fourth-order valence-corrected chi connectivity index (χ4v) is 4.91. The van der Waals surface area contributed by atoms with Crippen LogP contribution in [0.2, 0.25) is 0 Å². The molecule has 0 saturated carbocycles. The number of hydrogen-bond acceptors (Lipinski definition) is 2. The van der Waals surface area contributed by atoms with Crippen LogP contribution in [0.5, 0.6) is 0 Å². The normalized spacial score (nSPS) is 12.9. The molecule has 0 amide bonds. The van der Waals surface area contributed by atoms with Gasteiger partial charge in [0, 0.05) is 5.39 Å². The molecule has 136 valence electrons. The van der Waals surface area contributed by atoms with Crippen LogP contribution in [-0.2, 0) is 10.0 Å². The average molecular weight is 375 g/mol. The van der Waals surface area contributed by atoms with Gasteiger partial charge in [-0.2, -0.15) is 0 Å². The highest BCUT2D eigenvalue weighted by Crippen LogP contribution is 2.26. The molecule has 0 bridgehead atoms. The molecule has 0 spiro atoms. The lowest BCUT2D eigenvalue weighted by Crippen LogP contribution is -2.20. The molecule has 0 aliphatic heterocycles. The highest BCUT2D eigenvalue weighted by Gasteiger charge is 2.18. The summed E-state index contributed by atoms with van der Waals surface area (Å²) in [6, 6.07) is 27.7. The van der Waals surface area contributed by atoms with Crippen molar-refractivity contribution in [3.63, 3.8) is 0 Å². The van der Waals surface area contributed by atoms with Gasteiger partial charge in [-0.05, 0) is 33.7 Å². The van der Waals surface area contributed by atoms with E-state index in [2.05, 4.69) is 22.9 Å². The van der Waals surface area contributed by atoms with Crippen molar-refractivity contribution < 1.29 is 8.42 Å². The van der Waals surface area contributed by atoms with Crippen LogP contribution >= 0.6 is 0 Å². The van der Waals surface area contributed by atoms with Crippen LogP contribution < -0.4 is 4.72 Å². The molecule has 0 heterocycles. The first kappa shape index (κ1) is 17.6. The van der Waals surface area contributed by atoms with Crippen molar-refractivity contribution in [1.82, 2.24) is 0 Å². The molecule has 4 aromatic rings. The van der Waals surface area contributed by atoms with Gasteiger partial charge in [-0.3, -0.25) is 4.72 Å². The highest BCUT2D eigenvalue weighted by molar-refractivity contribution is 7.92. The molecule has 27 heavy (non-hydrogen) atoms. The van der Waals surface area contributed by atoms with E-state index in [1.807, 2.05) is 67.6 Å². The minimum atomic E-state index is -3.48. The molecule has 1 N–H and O–H groups in total. The number of hydrogen-bond donors (Lipinski definition) is 1. The minimum absolute atomic E-state index is 0.0363. The molecule has 1 atom stereocenters. The summed E-state index contributed by atoms with van der Waals surface area (Å²) in [4.78, 5) is 0. The maximum absolute atomic E-state index is 12.8. The molecule has 3 nitrogen and oxygen atoms in total. The van der Waals surface area contributed by atoms with E-state index in [4.69, 9.17) is 0 Å². The molecule has 4 heteroatoms. The Morgan fingerprint density at radius 1 is 0.778 bits per heavy atom. The third-order valence-corrected chi connectivity index (χ3v) is 6.34. The summed E-state index contributed by atoms with van der Waals surface area (Å²) in [5.74, 6) is -0.0729. The molecule has 0 aromatic heterocycles. The summed E-state index contributed by atoms with van der Waals surface area (Å²) in [5, 5.41) is 4.20. The summed E-state index contributed by atoms with van der Waals surface area (Å²) >= 11 is 0. The summed E-state index contributed by atoms with van der Waals surface area (Å²) in [5.41, 5.74) is 1.65. The molecule has 0 aliphatic carbocycles. The predicted octanol–water partition coefficient (Wildman–Crippen LogP) is 5.54. The fourth-order valence-electron chi connectivity index (χ4n) is 3.46. The van der Waals surface area contributed by atoms with Gasteiger partial charge >= 0.3 is 0 Å². The van der Waals surface area contributed by atoms with Gasteiger partial charge in [-0.15, -0.1) is 0 Å². The summed E-state index contributed by atoms with van der Waals surface area (Å²) < 4.78 is 28.3. The molecular formula is C23H21NO2S. The minimum Gasteiger partial charge on any atom is -0.283 e. The molecule has 0 radical (unpaired) electrons. The predicted molar refractivity (Wildman–Crippen MR) is 114 cm³/mol. The summed E-state index contributed by atoms with van der Waals surface area (Å²) in [6.45, 7) is 1.95. The Morgan fingerprint density at radius 2 is 1.44 bits per heavy atom. The van der Waals surface area contributed by atoms with Crippen molar-refractivity contribution in [2.75, 3.05) is 10.5 Å². The quantitative estimate of drug-likeness (QED) is 0.498. The third-order valence-electron chi connectivity index (χ3n) is 4.87. The van der Waals surface area contributed by atoms with Crippen LogP contribution in [0, 0.1) is 0 Å². The number of nitrogens with one attached hydrogen (secondary N) is 1. The molecule has 1 unspecified atom stereocenters. The maximum Gasteiger partial charge on any atom is 0.233 e. The van der Waals surface area contributed by atoms with E-state index >= 15 is 0 Å². The van der Waals surface area contributed by atoms with E-state index in [0.717, 1.165) is 27.1 Å². The molecule has 0 fully saturated rings. The number of rotatable bonds is 5. The van der Waals surface area contributed by atoms with Crippen molar-refractivity contribution in [2.24, 2.45) is 0 Å². The van der Waals surface area contributed by atoms with Gasteiger partial charge < -0.3 is 0 Å². The van der Waals surface area contributed by atoms with E-state index in [1.54, 1.807) is 6.07 Å². The van der Waals surface area contributed by atoms with Crippen LogP contribution in [0.3, 0.4) is 0 Å². The molecular weight excluding hydrogens is 354 g/mol. The van der Waals surface area contributed by atoms with Gasteiger partial charge in [-0.1, -0.05) is 85.8 Å². The van der Waals surface area contributed by atoms with Crippen molar-refractivity contribution in [3.05, 3.63) is 90.5 Å². The van der Waals surface area contributed by atoms with E-state index in [0.29, 0.717) is 5.69 Å². The Labute approximate surface area is 159 Å². The monoisotopic (exact) mass is 375 g/mol. The number of anilines is 1. The maximum atomic E-state index is 12.8. The largest absolute Gasteiger partial charge is 0.283 e. The summed E-state index contributed by atoms with van der Waals surface area (Å²) in [7, 11) is -3.48. The fraction of sp³-hybridized carbons (Fsp3) is 0.130. The SMILES string of the molecule is CC(CS(=O)(=O)Nc1cccc2ccccc12)c1ccc2ccccc2c1. The van der Waals surface area contributed by atoms with Crippen molar-refractivity contribution in [3.8, 4) is 0 Å². The van der Waals surface area contributed by atoms with Crippen molar-refractivity contribution >= 4 is 37.3 Å². The van der Waals surface area contributed by atoms with Gasteiger partial charge in [0.05, 0.1) is 11.4 Å². The first-order valence-electron chi connectivity index (χ1n) is 8.99. The Morgan fingerprint density at radius 3 is 2.26 bits per heavy atom. The zero-order chi connectivity index (χ0) is 18.9. The number of benzene rings is 4. The van der Waals surface area contributed by atoms with E-state index < -0.39 is 10.0 Å². The van der Waals surface area contributed by atoms with Crippen LogP contribution in [0.25, 0.3) is 21.5 Å². The van der Waals surface area contributed by atoms with Crippen LogP contribution in [0.4, 0.5) is 5.69 Å². The topological polar surface area (TPSA) is 46.2 Å². The third kappa shape index (κ3) is 3.81. The van der Waals surface area contributed by atoms with Crippen molar-refractivity contribution in [1.29, 1.82) is 0 Å². The molecule has 0 aliphatic rings. The second-order valence-corrected chi connectivity index (χ2v) is 8.68. The van der Waals surface area contributed by atoms with Gasteiger partial charge in [0.25, 0.3) is 0 Å². The first-order valence-corrected chi connectivity index (χ1v) is 10.6. The Kier molecular flexibility index (Phi) is 4.58. The molecule has 0 saturated heterocycles. The second-order valence-electron chi connectivity index (χ2n) is 6.92. The summed E-state index contributed by atoms with van der Waals surface area (Å²) in [6.07, 6.45) is 0. The van der Waals surface area contributed by atoms with Gasteiger partial charge in [-0.25, -0.2) is 8.42 Å². The standard InChI is InChI=1S/C23H21NO2S/c1-17(20-14-13-18-7-2-3-9-21(18)15-20)16-27(25,26)24-23-12-6-10-19-8-4-5-11-22(19)23/h2-15,17,24H,16H2,1H3. The Balaban J connectivity index is 1.58.